The summed E-state index contributed by atoms with van der Waals surface area (Å²) in [7, 11) is 0. The van der Waals surface area contributed by atoms with Gasteiger partial charge in [-0.15, -0.1) is 0 Å². The van der Waals surface area contributed by atoms with Gasteiger partial charge in [0.25, 0.3) is 0 Å². The van der Waals surface area contributed by atoms with Crippen molar-refractivity contribution in [3.05, 3.63) is 30.0 Å². The molecule has 0 aliphatic rings. The molecule has 0 fully saturated rings. The number of hydrogen-bond donors (Lipinski definition) is 2. The Morgan fingerprint density at radius 2 is 2.47 bits per heavy atom. The predicted molar refractivity (Wildman–Crippen MR) is 66.0 cm³/mol. The van der Waals surface area contributed by atoms with Gasteiger partial charge in [-0.2, -0.15) is 9.47 Å². The van der Waals surface area contributed by atoms with E-state index in [4.69, 9.17) is 0 Å². The second kappa shape index (κ2) is 6.00. The highest BCUT2D eigenvalue weighted by atomic mass is 32.1. The van der Waals surface area contributed by atoms with Crippen LogP contribution in [0.5, 0.6) is 0 Å². The molecule has 0 aliphatic heterocycles. The van der Waals surface area contributed by atoms with Crippen molar-refractivity contribution in [3.63, 3.8) is 0 Å². The van der Waals surface area contributed by atoms with Crippen molar-refractivity contribution >= 4 is 23.3 Å². The van der Waals surface area contributed by atoms with Crippen molar-refractivity contribution in [2.75, 3.05) is 11.9 Å². The van der Waals surface area contributed by atoms with Crippen molar-refractivity contribution in [2.45, 2.75) is 13.0 Å². The molecule has 2 amide bonds. The summed E-state index contributed by atoms with van der Waals surface area (Å²) in [6.07, 6.45) is 6.10. The smallest absolute Gasteiger partial charge is 0.319 e. The van der Waals surface area contributed by atoms with Gasteiger partial charge in [-0.1, -0.05) is 0 Å². The summed E-state index contributed by atoms with van der Waals surface area (Å²) >= 11 is 1.30. The first-order valence-corrected chi connectivity index (χ1v) is 6.10. The molecule has 0 aromatic carbocycles. The lowest BCUT2D eigenvalue weighted by atomic mass is 10.4. The molecular formula is C10H13N5OS. The maximum atomic E-state index is 11.4. The van der Waals surface area contributed by atoms with E-state index in [-0.39, 0.29) is 6.03 Å². The normalized spacial score (nSPS) is 10.1. The van der Waals surface area contributed by atoms with Crippen LogP contribution >= 0.6 is 11.5 Å². The number of carbonyl (C=O) groups excluding carboxylic acids is 1. The van der Waals surface area contributed by atoms with E-state index in [1.54, 1.807) is 17.8 Å². The molecule has 0 saturated carbocycles. The Labute approximate surface area is 103 Å². The Morgan fingerprint density at radius 1 is 1.53 bits per heavy atom. The number of rotatable bonds is 5. The highest BCUT2D eigenvalue weighted by Crippen LogP contribution is 2.07. The first-order chi connectivity index (χ1) is 8.34. The van der Waals surface area contributed by atoms with E-state index in [0.29, 0.717) is 6.54 Å². The van der Waals surface area contributed by atoms with Gasteiger partial charge >= 0.3 is 6.03 Å². The predicted octanol–water partition coefficient (Wildman–Crippen LogP) is 1.55. The summed E-state index contributed by atoms with van der Waals surface area (Å²) in [4.78, 5) is 11.4. The molecule has 7 heteroatoms. The average Bonchev–Trinajstić information content (AvgIpc) is 2.96. The molecule has 0 saturated heterocycles. The largest absolute Gasteiger partial charge is 0.338 e. The lowest BCUT2D eigenvalue weighted by Gasteiger charge is -2.05. The van der Waals surface area contributed by atoms with Gasteiger partial charge < -0.3 is 10.6 Å². The van der Waals surface area contributed by atoms with E-state index in [2.05, 4.69) is 20.1 Å². The van der Waals surface area contributed by atoms with Crippen LogP contribution in [0, 0.1) is 0 Å². The molecule has 6 nitrogen and oxygen atoms in total. The van der Waals surface area contributed by atoms with E-state index in [1.165, 1.54) is 11.5 Å². The summed E-state index contributed by atoms with van der Waals surface area (Å²) in [5.74, 6) is 0. The van der Waals surface area contributed by atoms with Crippen molar-refractivity contribution in [1.82, 2.24) is 19.5 Å². The molecule has 2 aromatic heterocycles. The minimum atomic E-state index is -0.203. The fourth-order valence-corrected chi connectivity index (χ4v) is 1.79. The summed E-state index contributed by atoms with van der Waals surface area (Å²) in [5, 5.41) is 11.3. The zero-order chi connectivity index (χ0) is 11.9. The van der Waals surface area contributed by atoms with Gasteiger partial charge in [-0.3, -0.25) is 4.68 Å². The number of anilines is 1. The Morgan fingerprint density at radius 3 is 3.18 bits per heavy atom. The molecule has 2 aromatic rings. The maximum absolute atomic E-state index is 11.4. The molecular weight excluding hydrogens is 238 g/mol. The molecule has 0 bridgehead atoms. The number of nitrogens with zero attached hydrogens (tertiary/aromatic N) is 3. The van der Waals surface area contributed by atoms with Crippen LogP contribution in [-0.2, 0) is 6.54 Å². The van der Waals surface area contributed by atoms with Gasteiger partial charge in [0.15, 0.2) is 0 Å². The van der Waals surface area contributed by atoms with Crippen LogP contribution in [0.25, 0.3) is 0 Å². The monoisotopic (exact) mass is 251 g/mol. The minimum Gasteiger partial charge on any atom is -0.338 e. The lowest BCUT2D eigenvalue weighted by Crippen LogP contribution is -2.29. The third-order valence-electron chi connectivity index (χ3n) is 2.10. The Bertz CT molecular complexity index is 439. The van der Waals surface area contributed by atoms with Gasteiger partial charge in [0.1, 0.15) is 0 Å². The van der Waals surface area contributed by atoms with Crippen molar-refractivity contribution in [1.29, 1.82) is 0 Å². The molecule has 90 valence electrons. The standard InChI is InChI=1S/C10H13N5OS/c16-10(14-9-7-13-17-8-9)11-3-1-5-15-6-2-4-12-15/h2,4,6-8H,1,3,5H2,(H2,11,14,16). The highest BCUT2D eigenvalue weighted by molar-refractivity contribution is 7.04. The van der Waals surface area contributed by atoms with Crippen LogP contribution in [0.1, 0.15) is 6.42 Å². The number of amides is 2. The minimum absolute atomic E-state index is 0.203. The molecule has 17 heavy (non-hydrogen) atoms. The summed E-state index contributed by atoms with van der Waals surface area (Å²) in [5.41, 5.74) is 0.722. The van der Waals surface area contributed by atoms with Gasteiger partial charge in [-0.05, 0) is 24.0 Å². The van der Waals surface area contributed by atoms with Crippen LogP contribution in [-0.4, -0.2) is 26.7 Å². The number of urea groups is 1. The number of carbonyl (C=O) groups is 1. The summed E-state index contributed by atoms with van der Waals surface area (Å²) in [6.45, 7) is 1.41. The molecule has 0 aliphatic carbocycles. The van der Waals surface area contributed by atoms with E-state index >= 15 is 0 Å². The number of hydrogen-bond acceptors (Lipinski definition) is 4. The zero-order valence-electron chi connectivity index (χ0n) is 9.17. The first kappa shape index (κ1) is 11.6. The quantitative estimate of drug-likeness (QED) is 0.792. The van der Waals surface area contributed by atoms with E-state index < -0.39 is 0 Å². The second-order valence-corrected chi connectivity index (χ2v) is 4.07. The van der Waals surface area contributed by atoms with Gasteiger partial charge in [0.05, 0.1) is 11.9 Å². The molecule has 2 rings (SSSR count). The van der Waals surface area contributed by atoms with Crippen LogP contribution < -0.4 is 10.6 Å². The van der Waals surface area contributed by atoms with Crippen LogP contribution in [0.4, 0.5) is 10.5 Å². The number of aryl methyl sites for hydroxylation is 1. The van der Waals surface area contributed by atoms with E-state index in [0.717, 1.165) is 18.7 Å². The fourth-order valence-electron chi connectivity index (χ4n) is 1.32. The topological polar surface area (TPSA) is 71.8 Å². The molecule has 0 unspecified atom stereocenters. The van der Waals surface area contributed by atoms with E-state index in [9.17, 15) is 4.79 Å². The van der Waals surface area contributed by atoms with Crippen molar-refractivity contribution < 1.29 is 4.79 Å². The Hall–Kier alpha value is -1.89. The second-order valence-electron chi connectivity index (χ2n) is 3.42. The first-order valence-electron chi connectivity index (χ1n) is 5.26. The van der Waals surface area contributed by atoms with Crippen molar-refractivity contribution in [3.8, 4) is 0 Å². The molecule has 0 spiro atoms. The molecule has 0 atom stereocenters. The van der Waals surface area contributed by atoms with Gasteiger partial charge in [-0.25, -0.2) is 4.79 Å². The van der Waals surface area contributed by atoms with E-state index in [1.807, 2.05) is 16.9 Å². The summed E-state index contributed by atoms with van der Waals surface area (Å²) < 4.78 is 5.73. The molecule has 2 heterocycles. The SMILES string of the molecule is O=C(NCCCn1cccn1)Nc1cnsc1. The highest BCUT2D eigenvalue weighted by Gasteiger charge is 2.01. The molecule has 2 N–H and O–H groups in total. The maximum Gasteiger partial charge on any atom is 0.319 e. The third kappa shape index (κ3) is 3.87. The Kier molecular flexibility index (Phi) is 4.09. The zero-order valence-corrected chi connectivity index (χ0v) is 9.98. The average molecular weight is 251 g/mol. The van der Waals surface area contributed by atoms with Crippen molar-refractivity contribution in [2.24, 2.45) is 0 Å². The van der Waals surface area contributed by atoms with Crippen LogP contribution in [0.3, 0.4) is 0 Å². The number of nitrogens with one attached hydrogen (secondary N) is 2. The van der Waals surface area contributed by atoms with Crippen LogP contribution in [0.2, 0.25) is 0 Å². The number of aromatic nitrogens is 3. The molecule has 0 radical (unpaired) electrons. The fraction of sp³-hybridized carbons (Fsp3) is 0.300. The Balaban J connectivity index is 1.60. The van der Waals surface area contributed by atoms with Gasteiger partial charge in [0, 0.05) is 30.9 Å². The van der Waals surface area contributed by atoms with Crippen LogP contribution in [0.15, 0.2) is 30.0 Å². The lowest BCUT2D eigenvalue weighted by molar-refractivity contribution is 0.251. The summed E-state index contributed by atoms with van der Waals surface area (Å²) in [6, 6.07) is 1.68. The third-order valence-corrected chi connectivity index (χ3v) is 2.69. The van der Waals surface area contributed by atoms with Gasteiger partial charge in [0.2, 0.25) is 0 Å².